The summed E-state index contributed by atoms with van der Waals surface area (Å²) in [5.74, 6) is 3.39. The third-order valence-electron chi connectivity index (χ3n) is 1.69. The zero-order valence-corrected chi connectivity index (χ0v) is 7.36. The Kier molecular flexibility index (Phi) is 2.05. The number of aromatic nitrogens is 2. The average molecular weight is 191 g/mol. The largest absolute Gasteiger partial charge is 0.412 e. The fraction of sp³-hybridized carbons (Fsp3) is 0.667. The molecule has 1 atom stereocenters. The summed E-state index contributed by atoms with van der Waals surface area (Å²) in [5.41, 5.74) is 0. The van der Waals surface area contributed by atoms with E-state index in [0.717, 1.165) is 12.2 Å². The summed E-state index contributed by atoms with van der Waals surface area (Å²) in [6.45, 7) is 0. The lowest BCUT2D eigenvalue weighted by atomic mass is 10.1. The van der Waals surface area contributed by atoms with Crippen LogP contribution in [-0.4, -0.2) is 21.7 Å². The molecule has 1 aliphatic heterocycles. The number of halogens is 1. The van der Waals surface area contributed by atoms with E-state index >= 15 is 0 Å². The van der Waals surface area contributed by atoms with E-state index in [-0.39, 0.29) is 5.35 Å². The lowest BCUT2D eigenvalue weighted by Gasteiger charge is -1.98. The molecule has 0 spiro atoms. The summed E-state index contributed by atoms with van der Waals surface area (Å²) in [4.78, 5) is 0. The van der Waals surface area contributed by atoms with Crippen molar-refractivity contribution in [3.63, 3.8) is 0 Å². The van der Waals surface area contributed by atoms with Crippen molar-refractivity contribution >= 4 is 23.4 Å². The Labute approximate surface area is 73.5 Å². The van der Waals surface area contributed by atoms with E-state index in [1.54, 1.807) is 0 Å². The second-order valence-electron chi connectivity index (χ2n) is 2.45. The third-order valence-corrected chi connectivity index (χ3v) is 3.01. The second kappa shape index (κ2) is 3.03. The lowest BCUT2D eigenvalue weighted by Crippen LogP contribution is -1.95. The first-order valence-electron chi connectivity index (χ1n) is 3.43. The molecule has 3 nitrogen and oxygen atoms in total. The van der Waals surface area contributed by atoms with Crippen LogP contribution in [-0.2, 0) is 0 Å². The highest BCUT2D eigenvalue weighted by molar-refractivity contribution is 7.99. The minimum absolute atomic E-state index is 0.150. The molecule has 2 rings (SSSR count). The Morgan fingerprint density at radius 1 is 1.55 bits per heavy atom. The maximum atomic E-state index is 5.49. The molecule has 0 saturated carbocycles. The third kappa shape index (κ3) is 1.51. The molecule has 1 aliphatic rings. The number of nitrogens with zero attached hydrogens (tertiary/aromatic N) is 2. The minimum atomic E-state index is 0.150. The molecular weight excluding hydrogens is 184 g/mol. The lowest BCUT2D eigenvalue weighted by molar-refractivity contribution is 0.462. The summed E-state index contributed by atoms with van der Waals surface area (Å²) in [5, 5.41) is 7.59. The predicted octanol–water partition coefficient (Wildman–Crippen LogP) is 1.94. The Morgan fingerprint density at radius 3 is 3.00 bits per heavy atom. The van der Waals surface area contributed by atoms with Gasteiger partial charge in [0.25, 0.3) is 0 Å². The quantitative estimate of drug-likeness (QED) is 0.679. The number of thioether (sulfide) groups is 1. The fourth-order valence-electron chi connectivity index (χ4n) is 1.11. The Balaban J connectivity index is 2.15. The molecule has 60 valence electrons. The van der Waals surface area contributed by atoms with Crippen molar-refractivity contribution in [1.29, 1.82) is 0 Å². The van der Waals surface area contributed by atoms with E-state index < -0.39 is 0 Å². The van der Waals surface area contributed by atoms with Gasteiger partial charge in [0, 0.05) is 11.7 Å². The second-order valence-corrected chi connectivity index (χ2v) is 3.93. The fourth-order valence-corrected chi connectivity index (χ4v) is 2.44. The number of hydrogen-bond donors (Lipinski definition) is 0. The van der Waals surface area contributed by atoms with E-state index in [1.165, 1.54) is 5.75 Å². The summed E-state index contributed by atoms with van der Waals surface area (Å²) < 4.78 is 5.10. The van der Waals surface area contributed by atoms with Crippen LogP contribution in [0.4, 0.5) is 0 Å². The monoisotopic (exact) mass is 190 g/mol. The van der Waals surface area contributed by atoms with Crippen LogP contribution in [0.3, 0.4) is 0 Å². The SMILES string of the molecule is Clc1nnc(C2CCSC2)o1. The maximum Gasteiger partial charge on any atom is 0.312 e. The standard InChI is InChI=1S/C6H7ClN2OS/c7-6-9-8-5(10-6)4-1-2-11-3-4/h4H,1-3H2. The Bertz CT molecular complexity index is 246. The molecule has 1 fully saturated rings. The molecule has 0 aromatic carbocycles. The molecule has 0 aliphatic carbocycles. The Hall–Kier alpha value is -0.220. The van der Waals surface area contributed by atoms with Gasteiger partial charge >= 0.3 is 5.35 Å². The van der Waals surface area contributed by atoms with Gasteiger partial charge in [0.05, 0.1) is 0 Å². The first-order valence-corrected chi connectivity index (χ1v) is 4.96. The molecule has 0 radical (unpaired) electrons. The van der Waals surface area contributed by atoms with E-state index in [4.69, 9.17) is 16.0 Å². The minimum Gasteiger partial charge on any atom is -0.412 e. The van der Waals surface area contributed by atoms with E-state index in [1.807, 2.05) is 11.8 Å². The van der Waals surface area contributed by atoms with Crippen LogP contribution in [0.5, 0.6) is 0 Å². The molecule has 0 amide bonds. The maximum absolute atomic E-state index is 5.49. The molecule has 1 saturated heterocycles. The van der Waals surface area contributed by atoms with Crippen LogP contribution >= 0.6 is 23.4 Å². The van der Waals surface area contributed by atoms with Crippen molar-refractivity contribution < 1.29 is 4.42 Å². The van der Waals surface area contributed by atoms with Gasteiger partial charge in [-0.15, -0.1) is 5.10 Å². The average Bonchev–Trinajstić information content (AvgIpc) is 2.55. The van der Waals surface area contributed by atoms with Gasteiger partial charge in [-0.3, -0.25) is 0 Å². The van der Waals surface area contributed by atoms with Crippen molar-refractivity contribution in [2.75, 3.05) is 11.5 Å². The van der Waals surface area contributed by atoms with Crippen molar-refractivity contribution in [3.8, 4) is 0 Å². The molecule has 1 aromatic heterocycles. The van der Waals surface area contributed by atoms with Crippen molar-refractivity contribution in [2.24, 2.45) is 0 Å². The number of rotatable bonds is 1. The predicted molar refractivity (Wildman–Crippen MR) is 44.0 cm³/mol. The number of hydrogen-bond acceptors (Lipinski definition) is 4. The normalized spacial score (nSPS) is 24.3. The smallest absolute Gasteiger partial charge is 0.312 e. The van der Waals surface area contributed by atoms with Gasteiger partial charge in [-0.05, 0) is 23.8 Å². The summed E-state index contributed by atoms with van der Waals surface area (Å²) >= 11 is 7.41. The Morgan fingerprint density at radius 2 is 2.45 bits per heavy atom. The highest BCUT2D eigenvalue weighted by atomic mass is 35.5. The summed E-state index contributed by atoms with van der Waals surface area (Å²) in [6, 6.07) is 0. The zero-order valence-electron chi connectivity index (χ0n) is 5.79. The first-order chi connectivity index (χ1) is 5.36. The van der Waals surface area contributed by atoms with Crippen molar-refractivity contribution in [3.05, 3.63) is 11.2 Å². The van der Waals surface area contributed by atoms with Crippen LogP contribution in [0.25, 0.3) is 0 Å². The van der Waals surface area contributed by atoms with Crippen molar-refractivity contribution in [2.45, 2.75) is 12.3 Å². The molecule has 5 heteroatoms. The molecule has 11 heavy (non-hydrogen) atoms. The highest BCUT2D eigenvalue weighted by Crippen LogP contribution is 2.31. The highest BCUT2D eigenvalue weighted by Gasteiger charge is 2.22. The first kappa shape index (κ1) is 7.43. The summed E-state index contributed by atoms with van der Waals surface area (Å²) in [7, 11) is 0. The van der Waals surface area contributed by atoms with Crippen LogP contribution in [0, 0.1) is 0 Å². The van der Waals surface area contributed by atoms with E-state index in [2.05, 4.69) is 10.2 Å². The van der Waals surface area contributed by atoms with Gasteiger partial charge in [0.2, 0.25) is 5.89 Å². The van der Waals surface area contributed by atoms with E-state index in [0.29, 0.717) is 11.8 Å². The molecule has 0 N–H and O–H groups in total. The van der Waals surface area contributed by atoms with Gasteiger partial charge in [-0.2, -0.15) is 11.8 Å². The molecule has 1 aromatic rings. The van der Waals surface area contributed by atoms with Gasteiger partial charge in [-0.1, -0.05) is 5.10 Å². The van der Waals surface area contributed by atoms with Crippen molar-refractivity contribution in [1.82, 2.24) is 10.2 Å². The van der Waals surface area contributed by atoms with Gasteiger partial charge in [-0.25, -0.2) is 0 Å². The van der Waals surface area contributed by atoms with Crippen LogP contribution < -0.4 is 0 Å². The van der Waals surface area contributed by atoms with Crippen LogP contribution in [0.1, 0.15) is 18.2 Å². The molecule has 1 unspecified atom stereocenters. The van der Waals surface area contributed by atoms with Gasteiger partial charge < -0.3 is 4.42 Å². The molecule has 2 heterocycles. The topological polar surface area (TPSA) is 38.9 Å². The van der Waals surface area contributed by atoms with Gasteiger partial charge in [0.1, 0.15) is 0 Å². The summed E-state index contributed by atoms with van der Waals surface area (Å²) in [6.07, 6.45) is 1.13. The van der Waals surface area contributed by atoms with Gasteiger partial charge in [0.15, 0.2) is 0 Å². The van der Waals surface area contributed by atoms with Crippen LogP contribution in [0.2, 0.25) is 5.35 Å². The van der Waals surface area contributed by atoms with Crippen LogP contribution in [0.15, 0.2) is 4.42 Å². The molecule has 0 bridgehead atoms. The zero-order chi connectivity index (χ0) is 7.68. The van der Waals surface area contributed by atoms with E-state index in [9.17, 15) is 0 Å². The molecular formula is C6H7ClN2OS.